The van der Waals surface area contributed by atoms with Gasteiger partial charge in [0.15, 0.2) is 0 Å². The lowest BCUT2D eigenvalue weighted by atomic mass is 10.2. The Bertz CT molecular complexity index is 701. The van der Waals surface area contributed by atoms with E-state index < -0.39 is 17.5 Å². The molecule has 1 aromatic carbocycles. The van der Waals surface area contributed by atoms with E-state index in [4.69, 9.17) is 15.9 Å². The molecule has 0 fully saturated rings. The molecule has 0 amide bonds. The summed E-state index contributed by atoms with van der Waals surface area (Å²) in [5, 5.41) is 21.7. The van der Waals surface area contributed by atoms with Crippen LogP contribution < -0.4 is 5.73 Å². The van der Waals surface area contributed by atoms with Crippen molar-refractivity contribution in [3.8, 4) is 0 Å². The van der Waals surface area contributed by atoms with E-state index in [1.54, 1.807) is 24.3 Å². The fourth-order valence-corrected chi connectivity index (χ4v) is 1.72. The van der Waals surface area contributed by atoms with Crippen LogP contribution in [0.25, 0.3) is 0 Å². The predicted molar refractivity (Wildman–Crippen MR) is 74.9 cm³/mol. The van der Waals surface area contributed by atoms with Crippen molar-refractivity contribution in [1.29, 1.82) is 0 Å². The molecule has 0 aliphatic carbocycles. The number of hydrogen-bond donors (Lipinski definition) is 3. The van der Waals surface area contributed by atoms with Gasteiger partial charge in [-0.1, -0.05) is 12.1 Å². The first kappa shape index (κ1) is 14.3. The molecule has 2 rings (SSSR count). The average Bonchev–Trinajstić information content (AvgIpc) is 2.89. The van der Waals surface area contributed by atoms with E-state index in [-0.39, 0.29) is 5.69 Å². The van der Waals surface area contributed by atoms with Crippen molar-refractivity contribution in [2.75, 3.05) is 5.73 Å². The number of anilines is 1. The first-order valence-corrected chi connectivity index (χ1v) is 6.02. The van der Waals surface area contributed by atoms with Crippen molar-refractivity contribution < 1.29 is 19.8 Å². The molecule has 2 aromatic rings. The third kappa shape index (κ3) is 3.47. The number of aromatic nitrogens is 2. The molecule has 1 heterocycles. The molecule has 1 aromatic heterocycles. The van der Waals surface area contributed by atoms with Gasteiger partial charge in [0.1, 0.15) is 5.69 Å². The summed E-state index contributed by atoms with van der Waals surface area (Å²) < 4.78 is 1.42. The van der Waals surface area contributed by atoms with E-state index in [0.717, 1.165) is 5.56 Å². The predicted octanol–water partition coefficient (Wildman–Crippen LogP) is 1.22. The average molecular weight is 287 g/mol. The second kappa shape index (κ2) is 5.91. The second-order valence-electron chi connectivity index (χ2n) is 4.31. The number of carboxylic acids is 1. The minimum absolute atomic E-state index is 0.180. The molecular weight excluding hydrogens is 274 g/mol. The van der Waals surface area contributed by atoms with Gasteiger partial charge in [0.05, 0.1) is 6.54 Å². The summed E-state index contributed by atoms with van der Waals surface area (Å²) in [7, 11) is 0. The number of ketones is 1. The molecule has 0 atom stereocenters. The first-order chi connectivity index (χ1) is 9.97. The van der Waals surface area contributed by atoms with E-state index in [1.807, 2.05) is 0 Å². The van der Waals surface area contributed by atoms with Crippen LogP contribution in [-0.2, 0) is 11.3 Å². The summed E-state index contributed by atoms with van der Waals surface area (Å²) >= 11 is 0. The van der Waals surface area contributed by atoms with Crippen LogP contribution in [0.15, 0.2) is 48.4 Å². The maximum absolute atomic E-state index is 11.9. The maximum atomic E-state index is 11.9. The molecule has 21 heavy (non-hydrogen) atoms. The Balaban J connectivity index is 2.22. The summed E-state index contributed by atoms with van der Waals surface area (Å²) in [5.74, 6) is -3.21. The fraction of sp³-hybridized carbons (Fsp3) is 0.0714. The third-order valence-corrected chi connectivity index (χ3v) is 2.77. The van der Waals surface area contributed by atoms with Gasteiger partial charge in [-0.25, -0.2) is 4.79 Å². The Labute approximate surface area is 119 Å². The van der Waals surface area contributed by atoms with Crippen LogP contribution in [0.4, 0.5) is 5.69 Å². The highest BCUT2D eigenvalue weighted by molar-refractivity contribution is 6.06. The standard InChI is InChI=1S/C14H13N3O4/c15-10-3-1-9(2-4-10)8-17-11(5-6-16-17)12(18)7-13(19)14(20)21/h1-7,19H,8,15H2,(H,20,21). The van der Waals surface area contributed by atoms with Gasteiger partial charge in [-0.3, -0.25) is 9.48 Å². The minimum Gasteiger partial charge on any atom is -0.502 e. The van der Waals surface area contributed by atoms with Gasteiger partial charge in [-0.15, -0.1) is 0 Å². The van der Waals surface area contributed by atoms with Crippen molar-refractivity contribution >= 4 is 17.4 Å². The number of aliphatic hydroxyl groups excluding tert-OH is 1. The number of carbonyl (C=O) groups is 2. The van der Waals surface area contributed by atoms with Gasteiger partial charge < -0.3 is 15.9 Å². The minimum atomic E-state index is -1.56. The molecule has 7 nitrogen and oxygen atoms in total. The van der Waals surface area contributed by atoms with Gasteiger partial charge in [-0.05, 0) is 23.8 Å². The number of nitrogen functional groups attached to an aromatic ring is 1. The summed E-state index contributed by atoms with van der Waals surface area (Å²) in [6.07, 6.45) is 2.08. The van der Waals surface area contributed by atoms with Gasteiger partial charge in [0, 0.05) is 18.0 Å². The van der Waals surface area contributed by atoms with Gasteiger partial charge in [0.2, 0.25) is 11.5 Å². The zero-order valence-corrected chi connectivity index (χ0v) is 10.9. The number of nitrogens with two attached hydrogens (primary N) is 1. The van der Waals surface area contributed by atoms with E-state index in [9.17, 15) is 9.59 Å². The smallest absolute Gasteiger partial charge is 0.371 e. The van der Waals surface area contributed by atoms with E-state index in [2.05, 4.69) is 5.10 Å². The highest BCUT2D eigenvalue weighted by Gasteiger charge is 2.14. The highest BCUT2D eigenvalue weighted by atomic mass is 16.4. The third-order valence-electron chi connectivity index (χ3n) is 2.77. The number of aliphatic hydroxyl groups is 1. The van der Waals surface area contributed by atoms with Crippen LogP contribution in [0.3, 0.4) is 0 Å². The number of carbonyl (C=O) groups excluding carboxylic acids is 1. The van der Waals surface area contributed by atoms with Gasteiger partial charge in [0.25, 0.3) is 0 Å². The molecule has 7 heteroatoms. The number of benzene rings is 1. The summed E-state index contributed by atoms with van der Waals surface area (Å²) in [4.78, 5) is 22.4. The molecule has 0 bridgehead atoms. The van der Waals surface area contributed by atoms with Crippen LogP contribution in [-0.4, -0.2) is 31.7 Å². The van der Waals surface area contributed by atoms with Crippen molar-refractivity contribution in [1.82, 2.24) is 9.78 Å². The van der Waals surface area contributed by atoms with Crippen LogP contribution in [0.2, 0.25) is 0 Å². The van der Waals surface area contributed by atoms with Crippen LogP contribution in [0.5, 0.6) is 0 Å². The molecule has 4 N–H and O–H groups in total. The molecular formula is C14H13N3O4. The molecule has 0 saturated carbocycles. The Hall–Kier alpha value is -3.09. The molecule has 0 unspecified atom stereocenters. The molecule has 108 valence electrons. The van der Waals surface area contributed by atoms with Crippen LogP contribution >= 0.6 is 0 Å². The SMILES string of the molecule is Nc1ccc(Cn2nccc2C(=O)C=C(O)C(=O)O)cc1. The number of rotatable bonds is 5. The Morgan fingerprint density at radius 2 is 1.86 bits per heavy atom. The summed E-state index contributed by atoms with van der Waals surface area (Å²) in [6.45, 7) is 0.329. The van der Waals surface area contributed by atoms with Crippen molar-refractivity contribution in [2.24, 2.45) is 0 Å². The molecule has 0 radical (unpaired) electrons. The van der Waals surface area contributed by atoms with Gasteiger partial charge >= 0.3 is 5.97 Å². The molecule has 0 aliphatic rings. The quantitative estimate of drug-likeness (QED) is 0.329. The van der Waals surface area contributed by atoms with Crippen LogP contribution in [0.1, 0.15) is 16.1 Å². The Morgan fingerprint density at radius 3 is 2.48 bits per heavy atom. The normalized spacial score (nSPS) is 11.3. The lowest BCUT2D eigenvalue weighted by molar-refractivity contribution is -0.135. The second-order valence-corrected chi connectivity index (χ2v) is 4.31. The largest absolute Gasteiger partial charge is 0.502 e. The fourth-order valence-electron chi connectivity index (χ4n) is 1.72. The first-order valence-electron chi connectivity index (χ1n) is 6.02. The van der Waals surface area contributed by atoms with Gasteiger partial charge in [-0.2, -0.15) is 5.10 Å². The monoisotopic (exact) mass is 287 g/mol. The lowest BCUT2D eigenvalue weighted by Crippen LogP contribution is -2.11. The molecule has 0 spiro atoms. The topological polar surface area (TPSA) is 118 Å². The zero-order valence-electron chi connectivity index (χ0n) is 10.9. The van der Waals surface area contributed by atoms with Crippen LogP contribution in [0, 0.1) is 0 Å². The molecule has 0 aliphatic heterocycles. The van der Waals surface area contributed by atoms with E-state index in [0.29, 0.717) is 18.3 Å². The van der Waals surface area contributed by atoms with Crippen molar-refractivity contribution in [2.45, 2.75) is 6.54 Å². The Morgan fingerprint density at radius 1 is 1.19 bits per heavy atom. The number of allylic oxidation sites excluding steroid dienone is 1. The summed E-state index contributed by atoms with van der Waals surface area (Å²) in [6, 6.07) is 8.52. The van der Waals surface area contributed by atoms with E-state index in [1.165, 1.54) is 16.9 Å². The molecule has 0 saturated heterocycles. The maximum Gasteiger partial charge on any atom is 0.371 e. The Kier molecular flexibility index (Phi) is 4.03. The van der Waals surface area contributed by atoms with Crippen molar-refractivity contribution in [3.05, 3.63) is 59.6 Å². The number of hydrogen-bond acceptors (Lipinski definition) is 5. The number of nitrogens with zero attached hydrogens (tertiary/aromatic N) is 2. The zero-order chi connectivity index (χ0) is 15.4. The number of aliphatic carboxylic acids is 1. The number of carboxylic acid groups (broad SMARTS) is 1. The van der Waals surface area contributed by atoms with E-state index >= 15 is 0 Å². The summed E-state index contributed by atoms with van der Waals surface area (Å²) in [5.41, 5.74) is 7.29. The van der Waals surface area contributed by atoms with Crippen molar-refractivity contribution in [3.63, 3.8) is 0 Å². The lowest BCUT2D eigenvalue weighted by Gasteiger charge is -2.06. The highest BCUT2D eigenvalue weighted by Crippen LogP contribution is 2.10.